The van der Waals surface area contributed by atoms with Crippen LogP contribution in [0.25, 0.3) is 0 Å². The summed E-state index contributed by atoms with van der Waals surface area (Å²) in [5.74, 6) is -2.41. The molecule has 5 atom stereocenters. The first-order valence-corrected chi connectivity index (χ1v) is 19.0. The van der Waals surface area contributed by atoms with Crippen LogP contribution in [-0.2, 0) is 33.6 Å². The van der Waals surface area contributed by atoms with Gasteiger partial charge in [0, 0.05) is 26.1 Å². The van der Waals surface area contributed by atoms with Gasteiger partial charge >= 0.3 is 0 Å². The van der Waals surface area contributed by atoms with Gasteiger partial charge in [-0.2, -0.15) is 0 Å². The van der Waals surface area contributed by atoms with Gasteiger partial charge in [0.15, 0.2) is 0 Å². The fraction of sp³-hybridized carbons (Fsp3) is 0.800. The van der Waals surface area contributed by atoms with Crippen molar-refractivity contribution < 1.29 is 54.3 Å². The monoisotopic (exact) mass is 757 g/mol. The lowest BCUT2D eigenvalue weighted by atomic mass is 9.99. The van der Waals surface area contributed by atoms with E-state index in [1.807, 2.05) is 0 Å². The van der Waals surface area contributed by atoms with Gasteiger partial charge in [-0.3, -0.25) is 49.2 Å². The number of aliphatic hydroxyl groups is 1. The number of nitrogens with one attached hydrogen (secondary N) is 4. The van der Waals surface area contributed by atoms with Crippen LogP contribution >= 0.6 is 0 Å². The van der Waals surface area contributed by atoms with Crippen LogP contribution < -0.4 is 21.3 Å². The third-order valence-corrected chi connectivity index (χ3v) is 9.38. The Balaban J connectivity index is 2.56. The standard InChI is InChI=1S/C35H63N7O11/c1-3-26(2)15-10-8-6-4-5-7-9-11-19-31(46)36-27(16-12-20-40(51)24-44)32(47)39-30(23-43)35(50)42(53)22-14-18-29-34(49)37-28(33(48)38-29)17-13-21-41(52)25-45/h24-30,43,51-53H,3-23H2,1-2H3,(H,36,46)(H,37,49)(H,38,48)(H,39,47)/t26?,27-,28-,29-,30-/m0/s1. The summed E-state index contributed by atoms with van der Waals surface area (Å²) in [4.78, 5) is 84.9. The van der Waals surface area contributed by atoms with Crippen molar-refractivity contribution in [3.8, 4) is 0 Å². The molecule has 18 nitrogen and oxygen atoms in total. The molecule has 18 heteroatoms. The number of rotatable bonds is 31. The SMILES string of the molecule is CCC(C)CCCCCCCCCCC(=O)N[C@@H](CCCN(O)C=O)C(=O)N[C@@H](CO)C(=O)N(O)CCC[C@@H]1NC(=O)[C@H](CCCN(O)C=O)NC1=O. The average Bonchev–Trinajstić information content (AvgIpc) is 3.14. The molecule has 8 N–H and O–H groups in total. The number of carbonyl (C=O) groups is 7. The molecule has 0 bridgehead atoms. The summed E-state index contributed by atoms with van der Waals surface area (Å²) < 4.78 is 0. The second-order valence-corrected chi connectivity index (χ2v) is 13.8. The van der Waals surface area contributed by atoms with Gasteiger partial charge in [0.25, 0.3) is 5.91 Å². The normalized spacial score (nSPS) is 17.1. The van der Waals surface area contributed by atoms with Gasteiger partial charge in [-0.15, -0.1) is 0 Å². The maximum atomic E-state index is 13.2. The van der Waals surface area contributed by atoms with Crippen LogP contribution in [0.2, 0.25) is 0 Å². The first kappa shape index (κ1) is 47.2. The largest absolute Gasteiger partial charge is 0.394 e. The fourth-order valence-electron chi connectivity index (χ4n) is 5.87. The molecule has 0 radical (unpaired) electrons. The van der Waals surface area contributed by atoms with Crippen LogP contribution in [0.4, 0.5) is 0 Å². The van der Waals surface area contributed by atoms with E-state index in [0.717, 1.165) is 31.6 Å². The van der Waals surface area contributed by atoms with E-state index in [1.165, 1.54) is 32.1 Å². The lowest BCUT2D eigenvalue weighted by molar-refractivity contribution is -0.170. The molecule has 304 valence electrons. The van der Waals surface area contributed by atoms with Crippen LogP contribution in [0.15, 0.2) is 0 Å². The molecule has 0 saturated carbocycles. The molecule has 0 aromatic heterocycles. The van der Waals surface area contributed by atoms with E-state index in [1.54, 1.807) is 0 Å². The molecule has 1 rings (SSSR count). The summed E-state index contributed by atoms with van der Waals surface area (Å²) in [7, 11) is 0. The molecule has 0 aromatic carbocycles. The number of aliphatic hydroxyl groups excluding tert-OH is 1. The Kier molecular flexibility index (Phi) is 24.6. The van der Waals surface area contributed by atoms with E-state index < -0.39 is 54.4 Å². The van der Waals surface area contributed by atoms with Crippen molar-refractivity contribution in [3.63, 3.8) is 0 Å². The predicted octanol–water partition coefficient (Wildman–Crippen LogP) is 1.13. The third kappa shape index (κ3) is 20.2. The Labute approximate surface area is 312 Å². The first-order valence-electron chi connectivity index (χ1n) is 19.0. The van der Waals surface area contributed by atoms with Gasteiger partial charge in [0.1, 0.15) is 24.2 Å². The number of piperazine rings is 1. The highest BCUT2D eigenvalue weighted by Crippen LogP contribution is 2.15. The Morgan fingerprint density at radius 2 is 1.23 bits per heavy atom. The zero-order chi connectivity index (χ0) is 39.6. The summed E-state index contributed by atoms with van der Waals surface area (Å²) in [6.45, 7) is 3.19. The summed E-state index contributed by atoms with van der Waals surface area (Å²) in [5.41, 5.74) is 0. The van der Waals surface area contributed by atoms with Crippen molar-refractivity contribution in [2.75, 3.05) is 26.2 Å². The van der Waals surface area contributed by atoms with Crippen molar-refractivity contribution in [1.82, 2.24) is 36.5 Å². The Morgan fingerprint density at radius 3 is 1.75 bits per heavy atom. The number of hydrogen-bond donors (Lipinski definition) is 8. The second-order valence-electron chi connectivity index (χ2n) is 13.8. The number of carbonyl (C=O) groups excluding carboxylic acids is 7. The summed E-state index contributed by atoms with van der Waals surface area (Å²) >= 11 is 0. The lowest BCUT2D eigenvalue weighted by Crippen LogP contribution is -2.61. The van der Waals surface area contributed by atoms with E-state index in [2.05, 4.69) is 35.1 Å². The maximum absolute atomic E-state index is 13.2. The van der Waals surface area contributed by atoms with E-state index in [-0.39, 0.29) is 88.4 Å². The number of amides is 7. The molecular weight excluding hydrogens is 694 g/mol. The molecule has 1 unspecified atom stereocenters. The predicted molar refractivity (Wildman–Crippen MR) is 191 cm³/mol. The number of unbranched alkanes of at least 4 members (excludes halogenated alkanes) is 7. The second kappa shape index (κ2) is 27.7. The molecule has 1 aliphatic rings. The minimum absolute atomic E-state index is 0.00331. The average molecular weight is 758 g/mol. The van der Waals surface area contributed by atoms with Gasteiger partial charge in [-0.05, 0) is 50.9 Å². The Morgan fingerprint density at radius 1 is 0.717 bits per heavy atom. The van der Waals surface area contributed by atoms with Crippen LogP contribution in [0.5, 0.6) is 0 Å². The fourth-order valence-corrected chi connectivity index (χ4v) is 5.87. The van der Waals surface area contributed by atoms with E-state index in [0.29, 0.717) is 16.5 Å². The topological polar surface area (TPSA) is 258 Å². The van der Waals surface area contributed by atoms with Crippen molar-refractivity contribution in [2.24, 2.45) is 5.92 Å². The van der Waals surface area contributed by atoms with Crippen LogP contribution in [-0.4, -0.2) is 129 Å². The highest BCUT2D eigenvalue weighted by atomic mass is 16.5. The smallest absolute Gasteiger partial charge is 0.270 e. The maximum Gasteiger partial charge on any atom is 0.270 e. The van der Waals surface area contributed by atoms with E-state index >= 15 is 0 Å². The molecule has 1 fully saturated rings. The van der Waals surface area contributed by atoms with Crippen molar-refractivity contribution in [2.45, 2.75) is 147 Å². The molecule has 1 aliphatic heterocycles. The van der Waals surface area contributed by atoms with Crippen LogP contribution in [0.3, 0.4) is 0 Å². The summed E-state index contributed by atoms with van der Waals surface area (Å²) in [6.07, 6.45) is 12.2. The van der Waals surface area contributed by atoms with Crippen LogP contribution in [0.1, 0.15) is 123 Å². The molecule has 7 amide bonds. The number of hydroxylamine groups is 6. The zero-order valence-electron chi connectivity index (χ0n) is 31.4. The quantitative estimate of drug-likeness (QED) is 0.0215. The van der Waals surface area contributed by atoms with Gasteiger partial charge in [0.2, 0.25) is 36.4 Å². The first-order chi connectivity index (χ1) is 25.4. The van der Waals surface area contributed by atoms with Gasteiger partial charge in [-0.1, -0.05) is 71.6 Å². The molecule has 1 saturated heterocycles. The molecule has 0 spiro atoms. The van der Waals surface area contributed by atoms with Crippen molar-refractivity contribution >= 4 is 42.4 Å². The minimum atomic E-state index is -1.57. The van der Waals surface area contributed by atoms with Crippen molar-refractivity contribution in [3.05, 3.63) is 0 Å². The number of hydrogen-bond acceptors (Lipinski definition) is 11. The zero-order valence-corrected chi connectivity index (χ0v) is 31.4. The van der Waals surface area contributed by atoms with E-state index in [9.17, 15) is 54.3 Å². The van der Waals surface area contributed by atoms with E-state index in [4.69, 9.17) is 0 Å². The molecule has 0 aromatic rings. The molecular formula is C35H63N7O11. The highest BCUT2D eigenvalue weighted by Gasteiger charge is 2.34. The molecule has 53 heavy (non-hydrogen) atoms. The Hall–Kier alpha value is -3.87. The van der Waals surface area contributed by atoms with Gasteiger partial charge in [-0.25, -0.2) is 15.2 Å². The Bertz CT molecular complexity index is 1130. The summed E-state index contributed by atoms with van der Waals surface area (Å²) in [6, 6.07) is -4.51. The highest BCUT2D eigenvalue weighted by molar-refractivity contribution is 5.97. The van der Waals surface area contributed by atoms with Crippen LogP contribution in [0, 0.1) is 5.92 Å². The summed E-state index contributed by atoms with van der Waals surface area (Å²) in [5, 5.41) is 50.1. The number of nitrogens with zero attached hydrogens (tertiary/aromatic N) is 3. The van der Waals surface area contributed by atoms with Crippen molar-refractivity contribution in [1.29, 1.82) is 0 Å². The van der Waals surface area contributed by atoms with Gasteiger partial charge < -0.3 is 26.4 Å². The third-order valence-electron chi connectivity index (χ3n) is 9.38. The van der Waals surface area contributed by atoms with Gasteiger partial charge in [0.05, 0.1) is 6.61 Å². The lowest BCUT2D eigenvalue weighted by Gasteiger charge is -2.30. The molecule has 0 aliphatic carbocycles. The minimum Gasteiger partial charge on any atom is -0.394 e. The molecule has 1 heterocycles.